The lowest BCUT2D eigenvalue weighted by Gasteiger charge is -2.36. The molecule has 1 saturated carbocycles. The molecule has 2 amide bonds. The van der Waals surface area contributed by atoms with Gasteiger partial charge in [-0.25, -0.2) is 47.3 Å². The van der Waals surface area contributed by atoms with Gasteiger partial charge in [0, 0.05) is 61.2 Å². The smallest absolute Gasteiger partial charge is 0.323 e. The molecule has 238 valence electrons. The maximum atomic E-state index is 13.7. The molecule has 1 aliphatic carbocycles. The van der Waals surface area contributed by atoms with Crippen molar-refractivity contribution in [1.29, 1.82) is 0 Å². The molecule has 2 N–H and O–H groups in total. The zero-order chi connectivity index (χ0) is 32.1. The lowest BCUT2D eigenvalue weighted by molar-refractivity contribution is 0.146. The Morgan fingerprint density at radius 3 is 2.31 bits per heavy atom. The van der Waals surface area contributed by atoms with Gasteiger partial charge in [-0.05, 0) is 37.8 Å². The van der Waals surface area contributed by atoms with Gasteiger partial charge in [0.2, 0.25) is 5.95 Å². The molecule has 4 aromatic rings. The number of aryl methyl sites for hydroxylation is 1. The van der Waals surface area contributed by atoms with Gasteiger partial charge in [-0.3, -0.25) is 9.58 Å². The molecule has 0 aromatic carbocycles. The fraction of sp³-hybridized carbons (Fsp3) is 0.393. The number of carbonyl (C=O) groups is 1. The molecule has 0 saturated heterocycles. The molecule has 5 rings (SSSR count). The maximum Gasteiger partial charge on any atom is 0.323 e. The van der Waals surface area contributed by atoms with Crippen LogP contribution in [0.1, 0.15) is 37.7 Å². The summed E-state index contributed by atoms with van der Waals surface area (Å²) in [5.41, 5.74) is 1.01. The van der Waals surface area contributed by atoms with Crippen molar-refractivity contribution < 1.29 is 27.1 Å². The summed E-state index contributed by atoms with van der Waals surface area (Å²) in [7, 11) is 3.08. The molecule has 12 nitrogen and oxygen atoms in total. The molecule has 1 fully saturated rings. The van der Waals surface area contributed by atoms with E-state index >= 15 is 0 Å². The highest BCUT2D eigenvalue weighted by molar-refractivity contribution is 6.32. The molecule has 0 radical (unpaired) electrons. The first-order valence-electron chi connectivity index (χ1n) is 13.9. The van der Waals surface area contributed by atoms with Gasteiger partial charge in [0.1, 0.15) is 17.2 Å². The number of alkyl halides is 4. The second-order valence-corrected chi connectivity index (χ2v) is 10.7. The summed E-state index contributed by atoms with van der Waals surface area (Å²) >= 11 is 6.21. The molecule has 0 aliphatic heterocycles. The SMILES string of the molecule is COc1ncc(-c2ccc(N(C(=O)NCC(F)F)[C@H]3CC[C@H](Nc4ncc(C(F)F)c(-c5nn(C)cc5Cl)n4)CC3)nc2)cn1. The van der Waals surface area contributed by atoms with Crippen LogP contribution in [0.5, 0.6) is 6.01 Å². The van der Waals surface area contributed by atoms with E-state index in [0.717, 1.165) is 6.20 Å². The fourth-order valence-electron chi connectivity index (χ4n) is 5.07. The molecule has 4 aromatic heterocycles. The van der Waals surface area contributed by atoms with Gasteiger partial charge in [0.05, 0.1) is 24.2 Å². The number of urea groups is 1. The molecular formula is C28H29ClF4N10O2. The second kappa shape index (κ2) is 14.0. The maximum absolute atomic E-state index is 13.7. The van der Waals surface area contributed by atoms with E-state index in [1.165, 1.54) is 22.9 Å². The fourth-order valence-corrected chi connectivity index (χ4v) is 5.34. The number of nitrogens with zero attached hydrogens (tertiary/aromatic N) is 8. The van der Waals surface area contributed by atoms with Crippen LogP contribution in [0.25, 0.3) is 22.5 Å². The van der Waals surface area contributed by atoms with Crippen LogP contribution in [-0.4, -0.2) is 72.9 Å². The monoisotopic (exact) mass is 648 g/mol. The van der Waals surface area contributed by atoms with Crippen LogP contribution in [0.3, 0.4) is 0 Å². The number of pyridine rings is 1. The average molecular weight is 649 g/mol. The molecule has 0 bridgehead atoms. The van der Waals surface area contributed by atoms with Crippen LogP contribution < -0.4 is 20.3 Å². The summed E-state index contributed by atoms with van der Waals surface area (Å²) in [5.74, 6) is 0.421. The van der Waals surface area contributed by atoms with Crippen LogP contribution in [-0.2, 0) is 7.05 Å². The van der Waals surface area contributed by atoms with Gasteiger partial charge in [0.15, 0.2) is 0 Å². The predicted molar refractivity (Wildman–Crippen MR) is 158 cm³/mol. The number of hydrogen-bond acceptors (Lipinski definition) is 9. The number of carbonyl (C=O) groups excluding carboxylic acids is 1. The van der Waals surface area contributed by atoms with E-state index in [4.69, 9.17) is 16.3 Å². The van der Waals surface area contributed by atoms with Crippen LogP contribution in [0.4, 0.5) is 34.1 Å². The highest BCUT2D eigenvalue weighted by atomic mass is 35.5. The molecule has 4 heterocycles. The summed E-state index contributed by atoms with van der Waals surface area (Å²) in [4.78, 5) is 35.5. The number of methoxy groups -OCH3 is 1. The number of aromatic nitrogens is 7. The van der Waals surface area contributed by atoms with Crippen molar-refractivity contribution in [3.63, 3.8) is 0 Å². The van der Waals surface area contributed by atoms with Crippen LogP contribution in [0.15, 0.2) is 43.1 Å². The third kappa shape index (κ3) is 7.56. The van der Waals surface area contributed by atoms with Crippen molar-refractivity contribution in [3.8, 4) is 28.5 Å². The van der Waals surface area contributed by atoms with Gasteiger partial charge in [0.25, 0.3) is 12.9 Å². The van der Waals surface area contributed by atoms with Crippen molar-refractivity contribution in [2.75, 3.05) is 23.9 Å². The van der Waals surface area contributed by atoms with E-state index in [9.17, 15) is 22.4 Å². The Balaban J connectivity index is 1.30. The summed E-state index contributed by atoms with van der Waals surface area (Å²) in [6.45, 7) is -0.803. The number of rotatable bonds is 10. The van der Waals surface area contributed by atoms with Crippen molar-refractivity contribution >= 4 is 29.4 Å². The Hall–Kier alpha value is -4.60. The van der Waals surface area contributed by atoms with Gasteiger partial charge in [-0.15, -0.1) is 0 Å². The third-order valence-corrected chi connectivity index (χ3v) is 7.50. The van der Waals surface area contributed by atoms with E-state index in [1.54, 1.807) is 37.8 Å². The quantitative estimate of drug-likeness (QED) is 0.213. The van der Waals surface area contributed by atoms with Gasteiger partial charge < -0.3 is 15.4 Å². The molecular weight excluding hydrogens is 620 g/mol. The standard InChI is InChI=1S/C28H29ClF4N10O2/c1-42-14-20(29)24(41-42)23-19(25(32)33)12-35-26(40-23)39-17-4-6-18(7-5-17)43(28(44)38-13-21(30)31)22-8-3-15(9-34-22)16-10-36-27(45-2)37-11-16/h3,8-12,14,17-18,21,25H,4-7,13H2,1-2H3,(H,38,44)(H,35,39,40)/t17-,18-. The number of halogens is 5. The zero-order valence-electron chi connectivity index (χ0n) is 24.2. The largest absolute Gasteiger partial charge is 0.467 e. The number of nitrogens with one attached hydrogen (secondary N) is 2. The lowest BCUT2D eigenvalue weighted by atomic mass is 9.90. The topological polar surface area (TPSA) is 136 Å². The van der Waals surface area contributed by atoms with Crippen LogP contribution >= 0.6 is 11.6 Å². The van der Waals surface area contributed by atoms with E-state index in [-0.39, 0.29) is 40.5 Å². The van der Waals surface area contributed by atoms with Crippen LogP contribution in [0, 0.1) is 0 Å². The minimum atomic E-state index is -2.84. The Bertz CT molecular complexity index is 1600. The normalized spacial score (nSPS) is 16.6. The number of ether oxygens (including phenoxy) is 1. The summed E-state index contributed by atoms with van der Waals surface area (Å²) in [6, 6.07) is 2.39. The van der Waals surface area contributed by atoms with E-state index < -0.39 is 31.0 Å². The lowest BCUT2D eigenvalue weighted by Crippen LogP contribution is -2.50. The van der Waals surface area contributed by atoms with Gasteiger partial charge in [-0.2, -0.15) is 5.10 Å². The summed E-state index contributed by atoms with van der Waals surface area (Å²) in [5, 5.41) is 9.81. The minimum absolute atomic E-state index is 0.0700. The number of hydrogen-bond donors (Lipinski definition) is 2. The van der Waals surface area contributed by atoms with E-state index in [2.05, 4.69) is 40.7 Å². The van der Waals surface area contributed by atoms with Gasteiger partial charge in [-0.1, -0.05) is 11.6 Å². The van der Waals surface area contributed by atoms with Crippen LogP contribution in [0.2, 0.25) is 5.02 Å². The Labute approximate surface area is 260 Å². The highest BCUT2D eigenvalue weighted by Gasteiger charge is 2.32. The van der Waals surface area contributed by atoms with Gasteiger partial charge >= 0.3 is 12.0 Å². The minimum Gasteiger partial charge on any atom is -0.467 e. The van der Waals surface area contributed by atoms with E-state index in [1.807, 2.05) is 0 Å². The van der Waals surface area contributed by atoms with E-state index in [0.29, 0.717) is 42.6 Å². The highest BCUT2D eigenvalue weighted by Crippen LogP contribution is 2.34. The second-order valence-electron chi connectivity index (χ2n) is 10.3. The molecule has 45 heavy (non-hydrogen) atoms. The Morgan fingerprint density at radius 1 is 1.02 bits per heavy atom. The first-order valence-corrected chi connectivity index (χ1v) is 14.3. The summed E-state index contributed by atoms with van der Waals surface area (Å²) in [6.07, 6.45) is 3.75. The number of amides is 2. The van der Waals surface area contributed by atoms with Crippen molar-refractivity contribution in [2.45, 2.75) is 50.6 Å². The molecule has 1 aliphatic rings. The zero-order valence-corrected chi connectivity index (χ0v) is 24.9. The average Bonchev–Trinajstić information content (AvgIpc) is 3.38. The Morgan fingerprint density at radius 2 is 1.73 bits per heavy atom. The first kappa shape index (κ1) is 31.8. The molecule has 0 spiro atoms. The number of anilines is 2. The molecule has 0 unspecified atom stereocenters. The third-order valence-electron chi connectivity index (χ3n) is 7.22. The van der Waals surface area contributed by atoms with Crippen molar-refractivity contribution in [2.24, 2.45) is 7.05 Å². The molecule has 0 atom stereocenters. The predicted octanol–water partition coefficient (Wildman–Crippen LogP) is 5.53. The molecule has 17 heteroatoms. The Kier molecular flexibility index (Phi) is 9.90. The summed E-state index contributed by atoms with van der Waals surface area (Å²) < 4.78 is 59.7. The van der Waals surface area contributed by atoms with Crippen molar-refractivity contribution in [1.82, 2.24) is 40.0 Å². The first-order chi connectivity index (χ1) is 21.6. The van der Waals surface area contributed by atoms with Crippen molar-refractivity contribution in [3.05, 3.63) is 53.7 Å².